The Morgan fingerprint density at radius 3 is 2.79 bits per heavy atom. The molecule has 2 rings (SSSR count). The first-order valence-corrected chi connectivity index (χ1v) is 7.90. The molecule has 0 heterocycles. The predicted octanol–water partition coefficient (Wildman–Crippen LogP) is 3.54. The van der Waals surface area contributed by atoms with Crippen LogP contribution in [-0.4, -0.2) is 18.1 Å². The molecule has 1 saturated carbocycles. The lowest BCUT2D eigenvalue weighted by molar-refractivity contribution is -0.128. The minimum Gasteiger partial charge on any atom is -0.434 e. The molecule has 0 spiro atoms. The number of amides is 1. The smallest absolute Gasteiger partial charge is 0.387 e. The maximum Gasteiger partial charge on any atom is 0.387 e. The Hall–Kier alpha value is -1.40. The number of aryl methyl sites for hydroxylation is 1. The Labute approximate surface area is 147 Å². The maximum absolute atomic E-state index is 12.5. The third-order valence-electron chi connectivity index (χ3n) is 4.46. The topological polar surface area (TPSA) is 64.3 Å². The van der Waals surface area contributed by atoms with Crippen molar-refractivity contribution in [3.8, 4) is 5.75 Å². The van der Waals surface area contributed by atoms with E-state index in [0.717, 1.165) is 31.2 Å². The average molecular weight is 363 g/mol. The van der Waals surface area contributed by atoms with Crippen molar-refractivity contribution in [2.24, 2.45) is 11.7 Å². The fraction of sp³-hybridized carbons (Fsp3) is 0.588. The number of nitrogens with two attached hydrogens (primary N) is 1. The number of benzene rings is 1. The molecule has 0 bridgehead atoms. The molecule has 136 valence electrons. The van der Waals surface area contributed by atoms with Crippen molar-refractivity contribution in [3.63, 3.8) is 0 Å². The number of hydrogen-bond donors (Lipinski definition) is 2. The van der Waals surface area contributed by atoms with Gasteiger partial charge in [0.2, 0.25) is 5.91 Å². The van der Waals surface area contributed by atoms with E-state index in [2.05, 4.69) is 10.1 Å². The number of ether oxygens (including phenoxy) is 1. The summed E-state index contributed by atoms with van der Waals surface area (Å²) >= 11 is 0. The van der Waals surface area contributed by atoms with Crippen molar-refractivity contribution >= 4 is 18.3 Å². The van der Waals surface area contributed by atoms with E-state index in [1.165, 1.54) is 6.07 Å². The molecule has 4 nitrogen and oxygen atoms in total. The number of halogens is 3. The molecule has 0 saturated heterocycles. The van der Waals surface area contributed by atoms with E-state index in [-0.39, 0.29) is 36.5 Å². The standard InChI is InChI=1S/C17H24F2N2O2.ClH/c1-11-6-7-14(23-16(18)19)12(9-11)10-21-15(22)13-5-3-4-8-17(13,2)20;/h6-7,9,13,16H,3-5,8,10,20H2,1-2H3,(H,21,22);1H. The largest absolute Gasteiger partial charge is 0.434 e. The quantitative estimate of drug-likeness (QED) is 0.842. The Kier molecular flexibility index (Phi) is 7.42. The van der Waals surface area contributed by atoms with Gasteiger partial charge in [-0.1, -0.05) is 30.5 Å². The lowest BCUT2D eigenvalue weighted by Crippen LogP contribution is -2.52. The molecule has 1 aliphatic rings. The molecule has 0 aromatic heterocycles. The molecular weight excluding hydrogens is 338 g/mol. The van der Waals surface area contributed by atoms with E-state index in [0.29, 0.717) is 5.56 Å². The summed E-state index contributed by atoms with van der Waals surface area (Å²) in [6, 6.07) is 4.93. The van der Waals surface area contributed by atoms with Crippen molar-refractivity contribution in [2.45, 2.75) is 58.2 Å². The summed E-state index contributed by atoms with van der Waals surface area (Å²) in [6.45, 7) is 1.01. The third kappa shape index (κ3) is 5.31. The van der Waals surface area contributed by atoms with E-state index in [1.54, 1.807) is 12.1 Å². The number of alkyl halides is 2. The Morgan fingerprint density at radius 1 is 1.46 bits per heavy atom. The molecule has 3 N–H and O–H groups in total. The van der Waals surface area contributed by atoms with Crippen LogP contribution in [0.15, 0.2) is 18.2 Å². The van der Waals surface area contributed by atoms with Gasteiger partial charge in [-0.2, -0.15) is 8.78 Å². The highest BCUT2D eigenvalue weighted by Crippen LogP contribution is 2.32. The highest BCUT2D eigenvalue weighted by atomic mass is 35.5. The molecule has 1 fully saturated rings. The van der Waals surface area contributed by atoms with Crippen LogP contribution in [0.3, 0.4) is 0 Å². The molecule has 24 heavy (non-hydrogen) atoms. The van der Waals surface area contributed by atoms with Crippen molar-refractivity contribution in [1.82, 2.24) is 5.32 Å². The summed E-state index contributed by atoms with van der Waals surface area (Å²) in [7, 11) is 0. The first-order chi connectivity index (χ1) is 10.8. The third-order valence-corrected chi connectivity index (χ3v) is 4.46. The molecule has 0 aliphatic heterocycles. The Morgan fingerprint density at radius 2 is 2.17 bits per heavy atom. The van der Waals surface area contributed by atoms with E-state index in [4.69, 9.17) is 5.73 Å². The van der Waals surface area contributed by atoms with Crippen LogP contribution in [0.5, 0.6) is 5.75 Å². The van der Waals surface area contributed by atoms with Crippen LogP contribution in [-0.2, 0) is 11.3 Å². The number of carbonyl (C=O) groups is 1. The fourth-order valence-corrected chi connectivity index (χ4v) is 3.15. The molecular formula is C17H25ClF2N2O2. The molecule has 1 amide bonds. The monoisotopic (exact) mass is 362 g/mol. The van der Waals surface area contributed by atoms with Crippen LogP contribution >= 0.6 is 12.4 Å². The summed E-state index contributed by atoms with van der Waals surface area (Å²) in [5.41, 5.74) is 7.16. The van der Waals surface area contributed by atoms with Crippen molar-refractivity contribution in [3.05, 3.63) is 29.3 Å². The van der Waals surface area contributed by atoms with Crippen molar-refractivity contribution in [2.75, 3.05) is 0 Å². The molecule has 1 aromatic rings. The first-order valence-electron chi connectivity index (χ1n) is 7.90. The SMILES string of the molecule is Cc1ccc(OC(F)F)c(CNC(=O)C2CCCCC2(C)N)c1.Cl. The number of nitrogens with one attached hydrogen (secondary N) is 1. The number of carbonyl (C=O) groups excluding carboxylic acids is 1. The van der Waals surface area contributed by atoms with E-state index in [1.807, 2.05) is 13.8 Å². The van der Waals surface area contributed by atoms with Gasteiger partial charge in [0.1, 0.15) is 5.75 Å². The summed E-state index contributed by atoms with van der Waals surface area (Å²) < 4.78 is 29.4. The van der Waals surface area contributed by atoms with Gasteiger partial charge in [-0.25, -0.2) is 0 Å². The summed E-state index contributed by atoms with van der Waals surface area (Å²) in [5, 5.41) is 2.82. The lowest BCUT2D eigenvalue weighted by Gasteiger charge is -2.37. The Balaban J connectivity index is 0.00000288. The van der Waals surface area contributed by atoms with Gasteiger partial charge in [0.15, 0.2) is 0 Å². The predicted molar refractivity (Wildman–Crippen MR) is 91.5 cm³/mol. The van der Waals surface area contributed by atoms with Gasteiger partial charge in [0, 0.05) is 17.6 Å². The van der Waals surface area contributed by atoms with E-state index < -0.39 is 12.2 Å². The van der Waals surface area contributed by atoms with Crippen LogP contribution < -0.4 is 15.8 Å². The summed E-state index contributed by atoms with van der Waals surface area (Å²) in [4.78, 5) is 12.4. The molecule has 7 heteroatoms. The molecule has 1 aromatic carbocycles. The van der Waals surface area contributed by atoms with Crippen molar-refractivity contribution in [1.29, 1.82) is 0 Å². The minimum atomic E-state index is -2.89. The zero-order valence-corrected chi connectivity index (χ0v) is 14.8. The Bertz CT molecular complexity index is 568. The van der Waals surface area contributed by atoms with Gasteiger partial charge in [0.25, 0.3) is 0 Å². The minimum absolute atomic E-state index is 0. The maximum atomic E-state index is 12.5. The number of rotatable bonds is 5. The normalized spacial score (nSPS) is 23.5. The van der Waals surface area contributed by atoms with E-state index >= 15 is 0 Å². The second-order valence-corrected chi connectivity index (χ2v) is 6.51. The van der Waals surface area contributed by atoms with Crippen LogP contribution in [0.25, 0.3) is 0 Å². The molecule has 1 aliphatic carbocycles. The van der Waals surface area contributed by atoms with Gasteiger partial charge in [-0.15, -0.1) is 12.4 Å². The van der Waals surface area contributed by atoms with Gasteiger partial charge in [-0.3, -0.25) is 4.79 Å². The van der Waals surface area contributed by atoms with Gasteiger partial charge in [-0.05, 0) is 32.8 Å². The van der Waals surface area contributed by atoms with E-state index in [9.17, 15) is 13.6 Å². The molecule has 2 unspecified atom stereocenters. The second kappa shape index (κ2) is 8.62. The fourth-order valence-electron chi connectivity index (χ4n) is 3.15. The zero-order chi connectivity index (χ0) is 17.0. The van der Waals surface area contributed by atoms with Gasteiger partial charge >= 0.3 is 6.61 Å². The molecule has 0 radical (unpaired) electrons. The first kappa shape index (κ1) is 20.6. The van der Waals surface area contributed by atoms with Crippen LogP contribution in [0.2, 0.25) is 0 Å². The van der Waals surface area contributed by atoms with Gasteiger partial charge < -0.3 is 15.8 Å². The highest BCUT2D eigenvalue weighted by molar-refractivity contribution is 5.85. The van der Waals surface area contributed by atoms with Crippen LogP contribution in [0.4, 0.5) is 8.78 Å². The van der Waals surface area contributed by atoms with Crippen molar-refractivity contribution < 1.29 is 18.3 Å². The summed E-state index contributed by atoms with van der Waals surface area (Å²) in [5.74, 6) is -0.287. The average Bonchev–Trinajstić information content (AvgIpc) is 2.46. The number of hydrogen-bond acceptors (Lipinski definition) is 3. The summed E-state index contributed by atoms with van der Waals surface area (Å²) in [6.07, 6.45) is 3.58. The van der Waals surface area contributed by atoms with Crippen LogP contribution in [0.1, 0.15) is 43.7 Å². The zero-order valence-electron chi connectivity index (χ0n) is 14.0. The highest BCUT2D eigenvalue weighted by Gasteiger charge is 2.37. The lowest BCUT2D eigenvalue weighted by atomic mass is 9.74. The van der Waals surface area contributed by atoms with Gasteiger partial charge in [0.05, 0.1) is 5.92 Å². The van der Waals surface area contributed by atoms with Crippen LogP contribution in [0, 0.1) is 12.8 Å². The second-order valence-electron chi connectivity index (χ2n) is 6.51. The molecule has 2 atom stereocenters.